The Morgan fingerprint density at radius 3 is 2.64 bits per heavy atom. The summed E-state index contributed by atoms with van der Waals surface area (Å²) in [7, 11) is 0. The van der Waals surface area contributed by atoms with Crippen LogP contribution in [-0.2, 0) is 16.0 Å². The quantitative estimate of drug-likeness (QED) is 0.774. The molecule has 2 heterocycles. The molecule has 1 aliphatic rings. The third kappa shape index (κ3) is 4.36. The Morgan fingerprint density at radius 2 is 2.00 bits per heavy atom. The number of carbonyl (C=O) groups is 3. The summed E-state index contributed by atoms with van der Waals surface area (Å²) in [5.41, 5.74) is 0.731. The molecule has 0 saturated carbocycles. The molecular formula is C19H23N5O3S. The van der Waals surface area contributed by atoms with Crippen molar-refractivity contribution in [2.75, 3.05) is 17.2 Å². The molecule has 3 rings (SSSR count). The van der Waals surface area contributed by atoms with Gasteiger partial charge in [-0.1, -0.05) is 30.4 Å². The topological polar surface area (TPSA) is 104 Å². The molecule has 3 amide bonds. The average molecular weight is 401 g/mol. The monoisotopic (exact) mass is 401 g/mol. The van der Waals surface area contributed by atoms with Crippen molar-refractivity contribution >= 4 is 39.9 Å². The van der Waals surface area contributed by atoms with Gasteiger partial charge in [-0.25, -0.2) is 0 Å². The van der Waals surface area contributed by atoms with Gasteiger partial charge in [-0.15, -0.1) is 10.2 Å². The summed E-state index contributed by atoms with van der Waals surface area (Å²) >= 11 is 1.31. The molecule has 2 N–H and O–H groups in total. The van der Waals surface area contributed by atoms with E-state index in [1.165, 1.54) is 11.3 Å². The first kappa shape index (κ1) is 19.9. The lowest BCUT2D eigenvalue weighted by Crippen LogP contribution is -2.33. The largest absolute Gasteiger partial charge is 0.339 e. The molecule has 0 unspecified atom stereocenters. The molecule has 8 nitrogen and oxygen atoms in total. The maximum Gasteiger partial charge on any atom is 0.259 e. The van der Waals surface area contributed by atoms with E-state index in [0.29, 0.717) is 22.9 Å². The van der Waals surface area contributed by atoms with Gasteiger partial charge >= 0.3 is 0 Å². The van der Waals surface area contributed by atoms with Gasteiger partial charge < -0.3 is 10.2 Å². The van der Waals surface area contributed by atoms with Crippen molar-refractivity contribution < 1.29 is 14.4 Å². The van der Waals surface area contributed by atoms with Gasteiger partial charge in [0.1, 0.15) is 5.01 Å². The SMILES string of the molecule is CCc1nnc(NC(=O)c2ccccc2NC(=O)[C@H]2CC(=O)N(C(C)C)C2)s1. The van der Waals surface area contributed by atoms with E-state index < -0.39 is 5.92 Å². The van der Waals surface area contributed by atoms with Crippen LogP contribution in [0.5, 0.6) is 0 Å². The second-order valence-corrected chi connectivity index (χ2v) is 7.95. The number of nitrogens with zero attached hydrogens (tertiary/aromatic N) is 3. The number of hydrogen-bond acceptors (Lipinski definition) is 6. The van der Waals surface area contributed by atoms with Crippen molar-refractivity contribution in [2.45, 2.75) is 39.7 Å². The Bertz CT molecular complexity index is 895. The molecule has 1 aromatic heterocycles. The van der Waals surface area contributed by atoms with Crippen LogP contribution in [0.1, 0.15) is 42.6 Å². The Hall–Kier alpha value is -2.81. The third-order valence-electron chi connectivity index (χ3n) is 4.57. The van der Waals surface area contributed by atoms with Crippen LogP contribution in [-0.4, -0.2) is 45.4 Å². The van der Waals surface area contributed by atoms with Crippen LogP contribution in [0, 0.1) is 5.92 Å². The number of anilines is 2. The van der Waals surface area contributed by atoms with E-state index in [0.717, 1.165) is 11.4 Å². The van der Waals surface area contributed by atoms with Gasteiger partial charge in [-0.3, -0.25) is 19.7 Å². The van der Waals surface area contributed by atoms with Gasteiger partial charge in [0.25, 0.3) is 5.91 Å². The Balaban J connectivity index is 1.70. The summed E-state index contributed by atoms with van der Waals surface area (Å²) < 4.78 is 0. The standard InChI is InChI=1S/C19H23N5O3S/c1-4-15-22-23-19(28-15)21-18(27)13-7-5-6-8-14(13)20-17(26)12-9-16(25)24(10-12)11(2)3/h5-8,11-12H,4,9-10H2,1-3H3,(H,20,26)(H,21,23,27)/t12-/m0/s1. The van der Waals surface area contributed by atoms with E-state index in [2.05, 4.69) is 20.8 Å². The lowest BCUT2D eigenvalue weighted by atomic mass is 10.1. The summed E-state index contributed by atoms with van der Waals surface area (Å²) in [5, 5.41) is 14.7. The number of aromatic nitrogens is 2. The van der Waals surface area contributed by atoms with Crippen molar-refractivity contribution in [1.29, 1.82) is 0 Å². The molecule has 1 atom stereocenters. The molecule has 0 spiro atoms. The number of carbonyl (C=O) groups excluding carboxylic acids is 3. The van der Waals surface area contributed by atoms with Crippen molar-refractivity contribution in [3.63, 3.8) is 0 Å². The number of hydrogen-bond donors (Lipinski definition) is 2. The number of rotatable bonds is 6. The zero-order chi connectivity index (χ0) is 20.3. The molecule has 0 bridgehead atoms. The molecule has 1 saturated heterocycles. The zero-order valence-corrected chi connectivity index (χ0v) is 16.9. The Kier molecular flexibility index (Phi) is 6.03. The number of likely N-dealkylation sites (tertiary alicyclic amines) is 1. The maximum absolute atomic E-state index is 12.7. The van der Waals surface area contributed by atoms with Crippen LogP contribution in [0.3, 0.4) is 0 Å². The van der Waals surface area contributed by atoms with E-state index in [1.54, 1.807) is 29.2 Å². The van der Waals surface area contributed by atoms with Crippen LogP contribution in [0.25, 0.3) is 0 Å². The highest BCUT2D eigenvalue weighted by molar-refractivity contribution is 7.15. The van der Waals surface area contributed by atoms with Gasteiger partial charge in [-0.05, 0) is 32.4 Å². The molecule has 1 fully saturated rings. The molecule has 0 radical (unpaired) electrons. The van der Waals surface area contributed by atoms with Gasteiger partial charge in [0, 0.05) is 19.0 Å². The number of benzene rings is 1. The first-order chi connectivity index (χ1) is 13.4. The van der Waals surface area contributed by atoms with Crippen LogP contribution in [0.2, 0.25) is 0 Å². The maximum atomic E-state index is 12.7. The summed E-state index contributed by atoms with van der Waals surface area (Å²) in [6, 6.07) is 6.83. The normalized spacial score (nSPS) is 16.5. The molecule has 1 aliphatic heterocycles. The summed E-state index contributed by atoms with van der Waals surface area (Å²) in [6.45, 7) is 6.21. The number of nitrogens with one attached hydrogen (secondary N) is 2. The van der Waals surface area contributed by atoms with Crippen molar-refractivity contribution in [3.8, 4) is 0 Å². The molecule has 1 aromatic carbocycles. The average Bonchev–Trinajstić information content (AvgIpc) is 3.28. The van der Waals surface area contributed by atoms with Crippen LogP contribution in [0.4, 0.5) is 10.8 Å². The fourth-order valence-corrected chi connectivity index (χ4v) is 3.72. The number of aryl methyl sites for hydroxylation is 1. The lowest BCUT2D eigenvalue weighted by Gasteiger charge is -2.20. The second-order valence-electron chi connectivity index (χ2n) is 6.88. The first-order valence-electron chi connectivity index (χ1n) is 9.22. The lowest BCUT2D eigenvalue weighted by molar-refractivity contribution is -0.129. The molecule has 0 aliphatic carbocycles. The third-order valence-corrected chi connectivity index (χ3v) is 5.55. The predicted octanol–water partition coefficient (Wildman–Crippen LogP) is 2.55. The fourth-order valence-electron chi connectivity index (χ4n) is 3.04. The summed E-state index contributed by atoms with van der Waals surface area (Å²) in [5.74, 6) is -1.09. The Morgan fingerprint density at radius 1 is 1.25 bits per heavy atom. The molecular weight excluding hydrogens is 378 g/mol. The van der Waals surface area contributed by atoms with E-state index in [-0.39, 0.29) is 30.2 Å². The highest BCUT2D eigenvalue weighted by atomic mass is 32.1. The van der Waals surface area contributed by atoms with Crippen LogP contribution < -0.4 is 10.6 Å². The van der Waals surface area contributed by atoms with Crippen LogP contribution in [0.15, 0.2) is 24.3 Å². The molecule has 28 heavy (non-hydrogen) atoms. The Labute approximate surface area is 167 Å². The zero-order valence-electron chi connectivity index (χ0n) is 16.1. The second kappa shape index (κ2) is 8.47. The summed E-state index contributed by atoms with van der Waals surface area (Å²) in [6.07, 6.45) is 0.927. The van der Waals surface area contributed by atoms with Gasteiger partial charge in [0.05, 0.1) is 17.2 Å². The minimum atomic E-state index is -0.429. The van der Waals surface area contributed by atoms with Crippen LogP contribution >= 0.6 is 11.3 Å². The predicted molar refractivity (Wildman–Crippen MR) is 107 cm³/mol. The fraction of sp³-hybridized carbons (Fsp3) is 0.421. The van der Waals surface area contributed by atoms with Crippen molar-refractivity contribution in [3.05, 3.63) is 34.8 Å². The minimum absolute atomic E-state index is 0.0239. The highest BCUT2D eigenvalue weighted by Crippen LogP contribution is 2.24. The van der Waals surface area contributed by atoms with E-state index in [4.69, 9.17) is 0 Å². The molecule has 9 heteroatoms. The highest BCUT2D eigenvalue weighted by Gasteiger charge is 2.35. The number of para-hydroxylation sites is 1. The first-order valence-corrected chi connectivity index (χ1v) is 10.0. The smallest absolute Gasteiger partial charge is 0.259 e. The van der Waals surface area contributed by atoms with Gasteiger partial charge in [-0.2, -0.15) is 0 Å². The number of amides is 3. The van der Waals surface area contributed by atoms with Gasteiger partial charge in [0.2, 0.25) is 16.9 Å². The van der Waals surface area contributed by atoms with Crippen molar-refractivity contribution in [1.82, 2.24) is 15.1 Å². The van der Waals surface area contributed by atoms with Gasteiger partial charge in [0.15, 0.2) is 0 Å². The van der Waals surface area contributed by atoms with Crippen molar-refractivity contribution in [2.24, 2.45) is 5.92 Å². The minimum Gasteiger partial charge on any atom is -0.339 e. The summed E-state index contributed by atoms with van der Waals surface area (Å²) in [4.78, 5) is 39.1. The van der Waals surface area contributed by atoms with E-state index in [9.17, 15) is 14.4 Å². The van der Waals surface area contributed by atoms with E-state index >= 15 is 0 Å². The molecule has 148 valence electrons. The van der Waals surface area contributed by atoms with E-state index in [1.807, 2.05) is 20.8 Å². The molecule has 2 aromatic rings.